The summed E-state index contributed by atoms with van der Waals surface area (Å²) in [5, 5.41) is 0. The molecule has 0 unspecified atom stereocenters. The minimum Gasteiger partial charge on any atom is -0.786 e. The van der Waals surface area contributed by atoms with Crippen molar-refractivity contribution in [1.29, 1.82) is 0 Å². The highest BCUT2D eigenvalue weighted by atomic mass is 31.2. The first-order valence-electron chi connectivity index (χ1n) is 52.0. The van der Waals surface area contributed by atoms with E-state index in [4.69, 9.17) is 71.8 Å². The molecule has 0 atom stereocenters. The molecule has 145 heavy (non-hydrogen) atoms. The third-order valence-corrected chi connectivity index (χ3v) is 20.9. The first-order chi connectivity index (χ1) is 68.3. The normalized spacial score (nSPS) is 10.7. The van der Waals surface area contributed by atoms with Gasteiger partial charge in [0.25, 0.3) is 0 Å². The summed E-state index contributed by atoms with van der Waals surface area (Å²) in [6, 6.07) is 0. The molecule has 10 aromatic rings. The van der Waals surface area contributed by atoms with Crippen LogP contribution in [0.4, 0.5) is 21.0 Å². The topological polar surface area (TPSA) is 404 Å². The second-order valence-corrected chi connectivity index (χ2v) is 40.2. The maximum absolute atomic E-state index is 10.1. The maximum Gasteiger partial charge on any atom is 0.243 e. The molecule has 0 saturated carbocycles. The molecular formula is C100H190F5N20O15P5. The summed E-state index contributed by atoms with van der Waals surface area (Å²) >= 11 is 0. The summed E-state index contributed by atoms with van der Waals surface area (Å²) in [6.07, 6.45) is 117. The molecule has 0 fully saturated rings. The van der Waals surface area contributed by atoms with Gasteiger partial charge in [0.05, 0.1) is 136 Å². The van der Waals surface area contributed by atoms with E-state index in [1.165, 1.54) is 322 Å². The summed E-state index contributed by atoms with van der Waals surface area (Å²) in [4.78, 5) is 84.4. The van der Waals surface area contributed by atoms with Crippen LogP contribution in [0.3, 0.4) is 0 Å². The molecule has 0 aliphatic carbocycles. The van der Waals surface area contributed by atoms with Gasteiger partial charge in [-0.1, -0.05) is 198 Å². The lowest BCUT2D eigenvalue weighted by Gasteiger charge is -2.15. The summed E-state index contributed by atoms with van der Waals surface area (Å²) in [5.41, 5.74) is 0. The van der Waals surface area contributed by atoms with Gasteiger partial charge >= 0.3 is 0 Å². The maximum atomic E-state index is 10.1. The minimum atomic E-state index is -5.64. The predicted molar refractivity (Wildman–Crippen MR) is 541 cm³/mol. The number of aryl methyl sites for hydroxylation is 20. The Hall–Kier alpha value is -7.50. The average Bonchev–Trinajstić information content (AvgIpc) is 1.86. The van der Waals surface area contributed by atoms with Crippen molar-refractivity contribution in [2.45, 2.75) is 392 Å². The lowest BCUT2D eigenvalue weighted by molar-refractivity contribution is -0.671. The van der Waals surface area contributed by atoms with Crippen LogP contribution in [-0.2, 0) is 159 Å². The van der Waals surface area contributed by atoms with Gasteiger partial charge in [0, 0.05) is 0 Å². The van der Waals surface area contributed by atoms with Crippen LogP contribution >= 0.6 is 39.5 Å². The van der Waals surface area contributed by atoms with Crippen LogP contribution in [0.15, 0.2) is 187 Å². The Morgan fingerprint density at radius 3 is 0.276 bits per heavy atom. The number of aromatic nitrogens is 20. The molecule has 45 heteroatoms. The Kier molecular flexibility index (Phi) is 95.5. The first-order valence-corrected chi connectivity index (χ1v) is 59.1. The average molecular weight is 2160 g/mol. The van der Waals surface area contributed by atoms with Gasteiger partial charge in [0.1, 0.15) is 163 Å². The van der Waals surface area contributed by atoms with E-state index in [2.05, 4.69) is 418 Å². The molecule has 0 saturated heterocycles. The standard InChI is InChI=1S/10C10H19N2.5FH2O3P/c10*1-3-4-5-6-7-12-9-8-11(2)10-12;5*1-5(2,3)4/h10*8-10H,3-7H2,1-2H3;5*(H2,2,3,4)/q10*+1;;;;;/p-10. The van der Waals surface area contributed by atoms with Crippen molar-refractivity contribution < 1.29 is 138 Å². The van der Waals surface area contributed by atoms with Crippen LogP contribution in [0.1, 0.15) is 326 Å². The van der Waals surface area contributed by atoms with Gasteiger partial charge in [-0.2, -0.15) is 0 Å². The summed E-state index contributed by atoms with van der Waals surface area (Å²) in [7, 11) is -7.61. The Morgan fingerprint density at radius 2 is 0.228 bits per heavy atom. The zero-order valence-electron chi connectivity index (χ0n) is 91.9. The van der Waals surface area contributed by atoms with Gasteiger partial charge < -0.3 is 71.8 Å². The SMILES string of the molecule is CCCCCCn1cc[n+](C)c1.CCCCCCn1cc[n+](C)c1.CCCCCCn1cc[n+](C)c1.CCCCCCn1cc[n+](C)c1.CCCCCCn1cc[n+](C)c1.CCCCCCn1cc[n+](C)c1.CCCCCCn1cc[n+](C)c1.CCCCCCn1cc[n+](C)c1.CCCCCCn1cc[n+](C)c1.CCCCCCn1cc[n+](C)c1.O=P([O-])([O-])F.O=P([O-])([O-])F.O=P([O-])([O-])F.O=P([O-])([O-])F.O=P([O-])([O-])F. The van der Waals surface area contributed by atoms with E-state index in [1.807, 2.05) is 0 Å². The summed E-state index contributed by atoms with van der Waals surface area (Å²) in [5.74, 6) is 0. The van der Waals surface area contributed by atoms with Crippen LogP contribution in [0.2, 0.25) is 0 Å². The number of hydrogen-bond acceptors (Lipinski definition) is 15. The number of unbranched alkanes of at least 4 members (excludes halogenated alkanes) is 30. The van der Waals surface area contributed by atoms with Gasteiger partial charge in [-0.05, 0) is 128 Å². The number of hydrogen-bond donors (Lipinski definition) is 0. The molecule has 0 aliphatic rings. The lowest BCUT2D eigenvalue weighted by atomic mass is 10.2. The van der Waals surface area contributed by atoms with Crippen LogP contribution in [-0.4, -0.2) is 45.7 Å². The van der Waals surface area contributed by atoms with Crippen molar-refractivity contribution in [3.05, 3.63) is 187 Å². The molecular weight excluding hydrogens is 1970 g/mol. The Labute approximate surface area is 868 Å². The summed E-state index contributed by atoms with van der Waals surface area (Å²) < 4.78 is 136. The van der Waals surface area contributed by atoms with E-state index in [9.17, 15) is 21.0 Å². The molecule has 0 radical (unpaired) electrons. The molecule has 0 aromatic carbocycles. The highest BCUT2D eigenvalue weighted by Crippen LogP contribution is 2.25. The zero-order chi connectivity index (χ0) is 111. The highest BCUT2D eigenvalue weighted by Gasteiger charge is 2.08. The van der Waals surface area contributed by atoms with Gasteiger partial charge in [-0.3, -0.25) is 0 Å². The van der Waals surface area contributed by atoms with Crippen LogP contribution in [0, 0.1) is 0 Å². The van der Waals surface area contributed by atoms with Crippen LogP contribution in [0.25, 0.3) is 0 Å². The number of nitrogens with zero attached hydrogens (tertiary/aromatic N) is 20. The Morgan fingerprint density at radius 1 is 0.159 bits per heavy atom. The molecule has 10 rings (SSSR count). The van der Waals surface area contributed by atoms with E-state index in [0.29, 0.717) is 0 Å². The van der Waals surface area contributed by atoms with Crippen molar-refractivity contribution in [2.75, 3.05) is 0 Å². The molecule has 35 nitrogen and oxygen atoms in total. The second-order valence-electron chi connectivity index (χ2n) is 35.9. The first kappa shape index (κ1) is 146. The van der Waals surface area contributed by atoms with Crippen LogP contribution in [0.5, 0.6) is 0 Å². The van der Waals surface area contributed by atoms with Gasteiger partial charge in [0.15, 0.2) is 0 Å². The van der Waals surface area contributed by atoms with Gasteiger partial charge in [-0.25, -0.2) is 112 Å². The Bertz CT molecular complexity index is 3820. The van der Waals surface area contributed by atoms with E-state index >= 15 is 0 Å². The van der Waals surface area contributed by atoms with E-state index < -0.39 is 39.5 Å². The number of halogens is 5. The van der Waals surface area contributed by atoms with Crippen molar-refractivity contribution >= 4 is 39.5 Å². The van der Waals surface area contributed by atoms with Crippen molar-refractivity contribution in [3.8, 4) is 0 Å². The predicted octanol–water partition coefficient (Wildman–Crippen LogP) is 12.9. The molecule has 0 amide bonds. The number of rotatable bonds is 50. The smallest absolute Gasteiger partial charge is 0.243 e. The molecule has 0 aliphatic heterocycles. The largest absolute Gasteiger partial charge is 0.786 e. The third kappa shape index (κ3) is 122. The molecule has 840 valence electrons. The Balaban J connectivity index is -0.000000488. The second kappa shape index (κ2) is 94.9. The van der Waals surface area contributed by atoms with E-state index in [-0.39, 0.29) is 0 Å². The fourth-order valence-corrected chi connectivity index (χ4v) is 13.6. The monoisotopic (exact) mass is 2160 g/mol. The van der Waals surface area contributed by atoms with Crippen LogP contribution < -0.4 is 94.6 Å². The van der Waals surface area contributed by atoms with Crippen molar-refractivity contribution in [3.63, 3.8) is 0 Å². The van der Waals surface area contributed by atoms with Gasteiger partial charge in [0.2, 0.25) is 63.3 Å². The molecule has 0 bridgehead atoms. The molecule has 0 spiro atoms. The zero-order valence-corrected chi connectivity index (χ0v) is 96.3. The van der Waals surface area contributed by atoms with Crippen molar-refractivity contribution in [1.82, 2.24) is 45.7 Å². The quantitative estimate of drug-likeness (QED) is 0.0148. The van der Waals surface area contributed by atoms with Crippen molar-refractivity contribution in [2.24, 2.45) is 70.5 Å². The lowest BCUT2D eigenvalue weighted by Crippen LogP contribution is -2.23. The molecule has 0 N–H and O–H groups in total. The minimum absolute atomic E-state index is 1.17. The van der Waals surface area contributed by atoms with E-state index in [1.54, 1.807) is 0 Å². The fourth-order valence-electron chi connectivity index (χ4n) is 13.6. The highest BCUT2D eigenvalue weighted by molar-refractivity contribution is 7.43. The van der Waals surface area contributed by atoms with Gasteiger partial charge in [-0.15, -0.1) is 0 Å². The number of imidazole rings is 10. The summed E-state index contributed by atoms with van der Waals surface area (Å²) in [6.45, 7) is 34.1. The third-order valence-electron chi connectivity index (χ3n) is 20.9. The molecule has 10 heterocycles. The fraction of sp³-hybridized carbons (Fsp3) is 0.700. The molecule has 10 aromatic heterocycles. The van der Waals surface area contributed by atoms with E-state index in [0.717, 1.165) is 0 Å².